The first-order valence-electron chi connectivity index (χ1n) is 6.36. The average molecular weight is 207 g/mol. The summed E-state index contributed by atoms with van der Waals surface area (Å²) < 4.78 is 5.71. The molecule has 2 bridgehead atoms. The Bertz CT molecular complexity index is 241. The van der Waals surface area contributed by atoms with E-state index >= 15 is 0 Å². The molecule has 0 spiro atoms. The van der Waals surface area contributed by atoms with Crippen LogP contribution in [0.15, 0.2) is 12.7 Å². The van der Waals surface area contributed by atoms with Crippen molar-refractivity contribution >= 4 is 0 Å². The van der Waals surface area contributed by atoms with Gasteiger partial charge in [-0.05, 0) is 12.8 Å². The van der Waals surface area contributed by atoms with Crippen LogP contribution in [0.5, 0.6) is 0 Å². The first kappa shape index (κ1) is 9.86. The molecule has 4 fully saturated rings. The Morgan fingerprint density at radius 3 is 2.27 bits per heavy atom. The van der Waals surface area contributed by atoms with Crippen molar-refractivity contribution in [2.75, 3.05) is 13.1 Å². The lowest BCUT2D eigenvalue weighted by atomic mass is 9.78. The zero-order chi connectivity index (χ0) is 10.3. The molecule has 2 heteroatoms. The van der Waals surface area contributed by atoms with Crippen LogP contribution in [-0.2, 0) is 4.74 Å². The fourth-order valence-corrected chi connectivity index (χ4v) is 3.53. The van der Waals surface area contributed by atoms with Gasteiger partial charge in [-0.25, -0.2) is 0 Å². The molecule has 2 atom stereocenters. The number of morpholine rings is 1. The molecule has 4 rings (SSSR count). The Labute approximate surface area is 92.3 Å². The number of ether oxygens (including phenoxy) is 1. The maximum atomic E-state index is 5.71. The van der Waals surface area contributed by atoms with E-state index < -0.39 is 0 Å². The van der Waals surface area contributed by atoms with E-state index in [1.54, 1.807) is 0 Å². The molecular weight excluding hydrogens is 186 g/mol. The molecule has 2 unspecified atom stereocenters. The molecule has 1 saturated carbocycles. The Morgan fingerprint density at radius 2 is 1.73 bits per heavy atom. The summed E-state index contributed by atoms with van der Waals surface area (Å²) in [6.07, 6.45) is 11.4. The van der Waals surface area contributed by atoms with Gasteiger partial charge in [0, 0.05) is 25.0 Å². The van der Waals surface area contributed by atoms with Gasteiger partial charge in [0.05, 0.1) is 12.2 Å². The summed E-state index contributed by atoms with van der Waals surface area (Å²) in [5.41, 5.74) is 0.318. The number of rotatable bonds is 2. The van der Waals surface area contributed by atoms with E-state index in [1.165, 1.54) is 38.5 Å². The second-order valence-corrected chi connectivity index (χ2v) is 5.39. The van der Waals surface area contributed by atoms with Crippen molar-refractivity contribution in [2.45, 2.75) is 56.3 Å². The quantitative estimate of drug-likeness (QED) is 0.644. The molecule has 0 aromatic carbocycles. The molecular formula is C13H21NO. The van der Waals surface area contributed by atoms with Crippen LogP contribution in [0.3, 0.4) is 0 Å². The van der Waals surface area contributed by atoms with Crippen molar-refractivity contribution in [2.24, 2.45) is 0 Å². The smallest absolute Gasteiger partial charge is 0.0731 e. The first-order valence-corrected chi connectivity index (χ1v) is 6.36. The van der Waals surface area contributed by atoms with Crippen LogP contribution in [0.25, 0.3) is 0 Å². The first-order chi connectivity index (χ1) is 7.32. The number of hydrogen-bond acceptors (Lipinski definition) is 2. The summed E-state index contributed by atoms with van der Waals surface area (Å²) in [6.45, 7) is 6.37. The van der Waals surface area contributed by atoms with Gasteiger partial charge in [0.15, 0.2) is 0 Å². The molecule has 4 aliphatic rings. The molecule has 0 aromatic rings. The van der Waals surface area contributed by atoms with Gasteiger partial charge < -0.3 is 4.74 Å². The molecule has 84 valence electrons. The maximum absolute atomic E-state index is 5.71. The van der Waals surface area contributed by atoms with E-state index in [0.29, 0.717) is 17.7 Å². The van der Waals surface area contributed by atoms with Crippen molar-refractivity contribution in [1.82, 2.24) is 4.90 Å². The minimum atomic E-state index is 0.318. The van der Waals surface area contributed by atoms with Crippen molar-refractivity contribution in [1.29, 1.82) is 0 Å². The third kappa shape index (κ3) is 1.55. The summed E-state index contributed by atoms with van der Waals surface area (Å²) in [7, 11) is 0. The van der Waals surface area contributed by atoms with Crippen LogP contribution in [0.4, 0.5) is 0 Å². The molecule has 0 aromatic heterocycles. The molecule has 3 aliphatic heterocycles. The van der Waals surface area contributed by atoms with E-state index in [2.05, 4.69) is 17.6 Å². The van der Waals surface area contributed by atoms with Crippen LogP contribution in [0.2, 0.25) is 0 Å². The highest BCUT2D eigenvalue weighted by atomic mass is 16.5. The van der Waals surface area contributed by atoms with Crippen LogP contribution in [0, 0.1) is 0 Å². The van der Waals surface area contributed by atoms with Gasteiger partial charge in [-0.3, -0.25) is 4.90 Å². The SMILES string of the molecule is C=CC1(N2CC3CC(C2)O3)CCCCC1. The normalized spacial score (nSPS) is 39.5. The average Bonchev–Trinajstić information content (AvgIpc) is 2.29. The fourth-order valence-electron chi connectivity index (χ4n) is 3.53. The number of piperidine rings is 1. The monoisotopic (exact) mass is 207 g/mol. The Kier molecular flexibility index (Phi) is 2.37. The predicted octanol–water partition coefficient (Wildman–Crippen LogP) is 2.35. The maximum Gasteiger partial charge on any atom is 0.0731 e. The van der Waals surface area contributed by atoms with E-state index in [-0.39, 0.29) is 0 Å². The van der Waals surface area contributed by atoms with Crippen molar-refractivity contribution < 1.29 is 4.74 Å². The Balaban J connectivity index is 1.74. The molecule has 0 radical (unpaired) electrons. The molecule has 0 N–H and O–H groups in total. The minimum Gasteiger partial charge on any atom is -0.372 e. The molecule has 0 amide bonds. The van der Waals surface area contributed by atoms with Crippen LogP contribution in [-0.4, -0.2) is 35.7 Å². The third-order valence-electron chi connectivity index (χ3n) is 4.49. The van der Waals surface area contributed by atoms with Gasteiger partial charge in [-0.2, -0.15) is 0 Å². The van der Waals surface area contributed by atoms with E-state index in [4.69, 9.17) is 4.74 Å². The number of fused-ring (bicyclic) bond motifs is 2. The van der Waals surface area contributed by atoms with Gasteiger partial charge in [0.25, 0.3) is 0 Å². The Morgan fingerprint density at radius 1 is 1.13 bits per heavy atom. The van der Waals surface area contributed by atoms with E-state index in [0.717, 1.165) is 13.1 Å². The zero-order valence-corrected chi connectivity index (χ0v) is 9.45. The standard InChI is InChI=1S/C13H21NO/c1-2-13(6-4-3-5-7-13)14-9-11-8-12(10-14)15-11/h2,11-12H,1,3-10H2. The highest BCUT2D eigenvalue weighted by Gasteiger charge is 2.45. The zero-order valence-electron chi connectivity index (χ0n) is 9.45. The van der Waals surface area contributed by atoms with Crippen molar-refractivity contribution in [3.05, 3.63) is 12.7 Å². The van der Waals surface area contributed by atoms with Gasteiger partial charge in [0.1, 0.15) is 0 Å². The van der Waals surface area contributed by atoms with Crippen LogP contribution < -0.4 is 0 Å². The lowest BCUT2D eigenvalue weighted by Gasteiger charge is -2.54. The van der Waals surface area contributed by atoms with E-state index in [9.17, 15) is 0 Å². The van der Waals surface area contributed by atoms with Crippen LogP contribution >= 0.6 is 0 Å². The number of nitrogens with zero attached hydrogens (tertiary/aromatic N) is 1. The molecule has 2 nitrogen and oxygen atoms in total. The topological polar surface area (TPSA) is 12.5 Å². The second-order valence-electron chi connectivity index (χ2n) is 5.39. The Hall–Kier alpha value is -0.340. The molecule has 3 heterocycles. The van der Waals surface area contributed by atoms with Gasteiger partial charge >= 0.3 is 0 Å². The lowest BCUT2D eigenvalue weighted by molar-refractivity contribution is -0.197. The summed E-state index contributed by atoms with van der Waals surface area (Å²) in [4.78, 5) is 2.65. The highest BCUT2D eigenvalue weighted by molar-refractivity contribution is 5.09. The summed E-state index contributed by atoms with van der Waals surface area (Å²) in [6, 6.07) is 0. The minimum absolute atomic E-state index is 0.318. The van der Waals surface area contributed by atoms with Gasteiger partial charge in [-0.1, -0.05) is 25.3 Å². The largest absolute Gasteiger partial charge is 0.372 e. The fraction of sp³-hybridized carbons (Fsp3) is 0.846. The van der Waals surface area contributed by atoms with Crippen molar-refractivity contribution in [3.8, 4) is 0 Å². The predicted molar refractivity (Wildman–Crippen MR) is 60.9 cm³/mol. The highest BCUT2D eigenvalue weighted by Crippen LogP contribution is 2.39. The van der Waals surface area contributed by atoms with Gasteiger partial charge in [-0.15, -0.1) is 6.58 Å². The summed E-state index contributed by atoms with van der Waals surface area (Å²) >= 11 is 0. The van der Waals surface area contributed by atoms with Gasteiger partial charge in [0.2, 0.25) is 0 Å². The number of hydrogen-bond donors (Lipinski definition) is 0. The van der Waals surface area contributed by atoms with Crippen LogP contribution in [0.1, 0.15) is 38.5 Å². The summed E-state index contributed by atoms with van der Waals surface area (Å²) in [5, 5.41) is 0. The lowest BCUT2D eigenvalue weighted by Crippen LogP contribution is -2.64. The molecule has 1 aliphatic carbocycles. The van der Waals surface area contributed by atoms with E-state index in [1.807, 2.05) is 0 Å². The molecule has 3 saturated heterocycles. The second kappa shape index (κ2) is 3.60. The third-order valence-corrected chi connectivity index (χ3v) is 4.49. The summed E-state index contributed by atoms with van der Waals surface area (Å²) in [5.74, 6) is 0. The molecule has 15 heavy (non-hydrogen) atoms. The van der Waals surface area contributed by atoms with Crippen molar-refractivity contribution in [3.63, 3.8) is 0 Å².